The molecule has 0 saturated carbocycles. The molecule has 33 heavy (non-hydrogen) atoms. The highest BCUT2D eigenvalue weighted by Gasteiger charge is 2.23. The van der Waals surface area contributed by atoms with Gasteiger partial charge in [0.25, 0.3) is 0 Å². The van der Waals surface area contributed by atoms with Gasteiger partial charge in [-0.05, 0) is 56.7 Å². The van der Waals surface area contributed by atoms with Crippen LogP contribution in [0.25, 0.3) is 0 Å². The first-order chi connectivity index (χ1) is 15.8. The molecule has 0 aliphatic carbocycles. The number of aromatic nitrogens is 3. The Morgan fingerprint density at radius 3 is 2.42 bits per heavy atom. The molecule has 1 heterocycles. The second-order valence-corrected chi connectivity index (χ2v) is 10.1. The Bertz CT molecular complexity index is 1080. The van der Waals surface area contributed by atoms with Gasteiger partial charge >= 0.3 is 0 Å². The van der Waals surface area contributed by atoms with Crippen molar-refractivity contribution in [2.45, 2.75) is 62.7 Å². The van der Waals surface area contributed by atoms with E-state index >= 15 is 0 Å². The molecule has 0 saturated heterocycles. The van der Waals surface area contributed by atoms with Crippen molar-refractivity contribution in [1.29, 1.82) is 0 Å². The normalized spacial score (nSPS) is 12.2. The maximum Gasteiger partial charge on any atom is 0.234 e. The lowest BCUT2D eigenvalue weighted by atomic mass is 10.0. The number of para-hydroxylation sites is 2. The van der Waals surface area contributed by atoms with Gasteiger partial charge in [0.1, 0.15) is 5.75 Å². The first-order valence-corrected chi connectivity index (χ1v) is 13.3. The molecule has 1 unspecified atom stereocenters. The summed E-state index contributed by atoms with van der Waals surface area (Å²) < 4.78 is 8.36. The van der Waals surface area contributed by atoms with Crippen molar-refractivity contribution in [2.24, 2.45) is 0 Å². The van der Waals surface area contributed by atoms with Crippen LogP contribution in [0.1, 0.15) is 64.1 Å². The second kappa shape index (κ2) is 11.6. The third-order valence-corrected chi connectivity index (χ3v) is 6.87. The number of carbonyl (C=O) groups is 1. The number of hydrogen-bond donors (Lipinski definition) is 1. The Morgan fingerprint density at radius 2 is 1.73 bits per heavy atom. The van der Waals surface area contributed by atoms with Crippen LogP contribution in [0.15, 0.2) is 58.6 Å². The van der Waals surface area contributed by atoms with Crippen molar-refractivity contribution < 1.29 is 9.53 Å². The zero-order valence-electron chi connectivity index (χ0n) is 20.0. The van der Waals surface area contributed by atoms with E-state index in [9.17, 15) is 4.79 Å². The first-order valence-electron chi connectivity index (χ1n) is 11.1. The molecule has 0 spiro atoms. The van der Waals surface area contributed by atoms with Crippen LogP contribution in [0.4, 0.5) is 5.69 Å². The van der Waals surface area contributed by atoms with Crippen LogP contribution in [0, 0.1) is 0 Å². The number of nitrogens with zero attached hydrogens (tertiary/aromatic N) is 3. The van der Waals surface area contributed by atoms with Crippen LogP contribution in [0.2, 0.25) is 0 Å². The Kier molecular flexibility index (Phi) is 8.86. The monoisotopic (exact) mass is 484 g/mol. The lowest BCUT2D eigenvalue weighted by Gasteiger charge is -2.21. The third kappa shape index (κ3) is 6.32. The summed E-state index contributed by atoms with van der Waals surface area (Å²) in [6, 6.07) is 16.0. The summed E-state index contributed by atoms with van der Waals surface area (Å²) in [5.41, 5.74) is 1.99. The molecule has 1 amide bonds. The van der Waals surface area contributed by atoms with Crippen LogP contribution in [-0.4, -0.2) is 32.7 Å². The summed E-state index contributed by atoms with van der Waals surface area (Å²) >= 11 is 2.99. The molecule has 1 aromatic heterocycles. The van der Waals surface area contributed by atoms with Crippen LogP contribution in [0.3, 0.4) is 0 Å². The molecule has 2 aromatic carbocycles. The summed E-state index contributed by atoms with van der Waals surface area (Å²) in [5, 5.41) is 12.5. The number of ether oxygens (including phenoxy) is 1. The fraction of sp³-hybridized carbons (Fsp3) is 0.400. The highest BCUT2D eigenvalue weighted by Crippen LogP contribution is 2.32. The van der Waals surface area contributed by atoms with E-state index in [4.69, 9.17) is 4.74 Å². The SMILES string of the molecule is CSc1ccccc1NC(=O)CSc1nnc(C(C)Oc2ccccc2C(C)C)n1C(C)C. The van der Waals surface area contributed by atoms with Crippen LogP contribution >= 0.6 is 23.5 Å². The minimum Gasteiger partial charge on any atom is -0.482 e. The van der Waals surface area contributed by atoms with E-state index < -0.39 is 0 Å². The zero-order valence-corrected chi connectivity index (χ0v) is 21.7. The topological polar surface area (TPSA) is 69.0 Å². The molecule has 0 fully saturated rings. The molecular weight excluding hydrogens is 452 g/mol. The third-order valence-electron chi connectivity index (χ3n) is 5.13. The van der Waals surface area contributed by atoms with E-state index in [1.807, 2.05) is 55.6 Å². The molecule has 0 aliphatic rings. The Labute approximate surface area is 204 Å². The maximum atomic E-state index is 12.6. The van der Waals surface area contributed by atoms with Crippen LogP contribution in [-0.2, 0) is 4.79 Å². The van der Waals surface area contributed by atoms with Gasteiger partial charge in [0.15, 0.2) is 17.1 Å². The Morgan fingerprint density at radius 1 is 1.03 bits per heavy atom. The van der Waals surface area contributed by atoms with Gasteiger partial charge in [0.05, 0.1) is 11.4 Å². The predicted octanol–water partition coefficient (Wildman–Crippen LogP) is 6.58. The second-order valence-electron chi connectivity index (χ2n) is 8.29. The lowest BCUT2D eigenvalue weighted by Crippen LogP contribution is -2.17. The van der Waals surface area contributed by atoms with E-state index in [2.05, 4.69) is 53.8 Å². The van der Waals surface area contributed by atoms with E-state index in [0.717, 1.165) is 27.7 Å². The number of carbonyl (C=O) groups excluding carboxylic acids is 1. The van der Waals surface area contributed by atoms with Gasteiger partial charge in [-0.2, -0.15) is 0 Å². The molecule has 0 bridgehead atoms. The molecular formula is C25H32N4O2S2. The van der Waals surface area contributed by atoms with Gasteiger partial charge in [-0.1, -0.05) is 55.9 Å². The molecule has 8 heteroatoms. The number of thioether (sulfide) groups is 2. The smallest absolute Gasteiger partial charge is 0.234 e. The molecule has 0 aliphatic heterocycles. The maximum absolute atomic E-state index is 12.6. The molecule has 3 rings (SSSR count). The van der Waals surface area contributed by atoms with Crippen molar-refractivity contribution in [2.75, 3.05) is 17.3 Å². The van der Waals surface area contributed by atoms with E-state index in [-0.39, 0.29) is 23.8 Å². The predicted molar refractivity (Wildman–Crippen MR) is 138 cm³/mol. The van der Waals surface area contributed by atoms with Gasteiger partial charge in [0, 0.05) is 10.9 Å². The summed E-state index contributed by atoms with van der Waals surface area (Å²) in [6.45, 7) is 10.5. The van der Waals surface area contributed by atoms with Gasteiger partial charge < -0.3 is 14.6 Å². The summed E-state index contributed by atoms with van der Waals surface area (Å²) in [5.74, 6) is 2.14. The van der Waals surface area contributed by atoms with Gasteiger partial charge in [0.2, 0.25) is 5.91 Å². The lowest BCUT2D eigenvalue weighted by molar-refractivity contribution is -0.113. The van der Waals surface area contributed by atoms with Crippen molar-refractivity contribution in [1.82, 2.24) is 14.8 Å². The highest BCUT2D eigenvalue weighted by atomic mass is 32.2. The number of nitrogens with one attached hydrogen (secondary N) is 1. The molecule has 1 N–H and O–H groups in total. The number of hydrogen-bond acceptors (Lipinski definition) is 6. The fourth-order valence-electron chi connectivity index (χ4n) is 3.52. The van der Waals surface area contributed by atoms with Crippen LogP contribution in [0.5, 0.6) is 5.75 Å². The average Bonchev–Trinajstić information content (AvgIpc) is 3.23. The van der Waals surface area contributed by atoms with Crippen molar-refractivity contribution >= 4 is 35.1 Å². The fourth-order valence-corrected chi connectivity index (χ4v) is 4.95. The summed E-state index contributed by atoms with van der Waals surface area (Å²) in [4.78, 5) is 13.6. The summed E-state index contributed by atoms with van der Waals surface area (Å²) in [6.07, 6.45) is 1.71. The largest absolute Gasteiger partial charge is 0.482 e. The zero-order chi connectivity index (χ0) is 24.0. The first kappa shape index (κ1) is 25.2. The standard InChI is InChI=1S/C25H32N4O2S2/c1-16(2)19-11-7-9-13-21(19)31-18(5)24-27-28-25(29(24)17(3)4)33-15-23(30)26-20-12-8-10-14-22(20)32-6/h7-14,16-18H,15H2,1-6H3,(H,26,30). The number of anilines is 1. The number of amides is 1. The summed E-state index contributed by atoms with van der Waals surface area (Å²) in [7, 11) is 0. The minimum atomic E-state index is -0.281. The minimum absolute atomic E-state index is 0.0727. The van der Waals surface area contributed by atoms with E-state index in [1.165, 1.54) is 11.8 Å². The van der Waals surface area contributed by atoms with Gasteiger partial charge in [-0.3, -0.25) is 4.79 Å². The molecule has 1 atom stereocenters. The highest BCUT2D eigenvalue weighted by molar-refractivity contribution is 7.99. The van der Waals surface area contributed by atoms with Crippen molar-refractivity contribution in [3.63, 3.8) is 0 Å². The number of benzene rings is 2. The van der Waals surface area contributed by atoms with Crippen LogP contribution < -0.4 is 10.1 Å². The van der Waals surface area contributed by atoms with Gasteiger partial charge in [-0.15, -0.1) is 22.0 Å². The molecule has 6 nitrogen and oxygen atoms in total. The Hall–Kier alpha value is -2.45. The quantitative estimate of drug-likeness (QED) is 0.328. The van der Waals surface area contributed by atoms with Crippen molar-refractivity contribution in [3.8, 4) is 5.75 Å². The Balaban J connectivity index is 1.72. The number of rotatable bonds is 10. The van der Waals surface area contributed by atoms with Crippen molar-refractivity contribution in [3.05, 3.63) is 59.9 Å². The van der Waals surface area contributed by atoms with Gasteiger partial charge in [-0.25, -0.2) is 0 Å². The molecule has 3 aromatic rings. The molecule has 176 valence electrons. The van der Waals surface area contributed by atoms with E-state index in [0.29, 0.717) is 11.1 Å². The average molecular weight is 485 g/mol. The molecule has 0 radical (unpaired) electrons. The van der Waals surface area contributed by atoms with E-state index in [1.54, 1.807) is 11.8 Å².